The summed E-state index contributed by atoms with van der Waals surface area (Å²) in [6.45, 7) is 0. The van der Waals surface area contributed by atoms with E-state index in [9.17, 15) is 29.1 Å². The number of nitrogens with one attached hydrogen (secondary N) is 3. The Hall–Kier alpha value is -3.22. The van der Waals surface area contributed by atoms with Crippen LogP contribution >= 0.6 is 11.3 Å². The molecule has 36 heavy (non-hydrogen) atoms. The van der Waals surface area contributed by atoms with Gasteiger partial charge in [0.2, 0.25) is 11.0 Å². The van der Waals surface area contributed by atoms with Crippen molar-refractivity contribution in [2.75, 3.05) is 26.1 Å². The number of ether oxygens (including phenoxy) is 1. The number of esters is 1. The van der Waals surface area contributed by atoms with Gasteiger partial charge in [-0.25, -0.2) is 19.4 Å². The van der Waals surface area contributed by atoms with Crippen molar-refractivity contribution in [2.45, 2.75) is 51.0 Å². The second-order valence-corrected chi connectivity index (χ2v) is 11.0. The Balaban J connectivity index is 1.51. The summed E-state index contributed by atoms with van der Waals surface area (Å²) in [4.78, 5) is 67.7. The summed E-state index contributed by atoms with van der Waals surface area (Å²) in [5, 5.41) is 18.9. The Morgan fingerprint density at radius 3 is 2.22 bits per heavy atom. The van der Waals surface area contributed by atoms with Gasteiger partial charge in [-0.3, -0.25) is 9.59 Å². The van der Waals surface area contributed by atoms with E-state index in [1.54, 1.807) is 5.38 Å². The molecule has 0 spiro atoms. The van der Waals surface area contributed by atoms with Gasteiger partial charge < -0.3 is 25.8 Å². The maximum Gasteiger partial charge on any atom is 0.331 e. The van der Waals surface area contributed by atoms with Gasteiger partial charge in [-0.15, -0.1) is 11.3 Å². The van der Waals surface area contributed by atoms with Gasteiger partial charge in [-0.2, -0.15) is 4.90 Å². The summed E-state index contributed by atoms with van der Waals surface area (Å²) in [6, 6.07) is -2.65. The number of carboxylic acids is 1. The number of carbonyl (C=O) groups is 5. The van der Waals surface area contributed by atoms with Crippen LogP contribution in [0, 0.1) is 22.7 Å². The summed E-state index contributed by atoms with van der Waals surface area (Å²) < 4.78 is 5.10. The Bertz CT molecular complexity index is 1060. The first-order chi connectivity index (χ1) is 17.1. The van der Waals surface area contributed by atoms with E-state index in [-0.39, 0.29) is 35.3 Å². The number of methoxy groups -OCH3 is 1. The third kappa shape index (κ3) is 4.51. The number of urea groups is 2. The van der Waals surface area contributed by atoms with Crippen LogP contribution in [-0.4, -0.2) is 67.2 Å². The molecule has 5 amide bonds. The molecule has 4 aliphatic rings. The molecule has 0 aromatic carbocycles. The molecule has 5 rings (SSSR count). The van der Waals surface area contributed by atoms with Crippen molar-refractivity contribution in [1.29, 1.82) is 0 Å². The molecule has 1 aromatic rings. The first kappa shape index (κ1) is 25.9. The smallest absolute Gasteiger partial charge is 0.331 e. The fourth-order valence-electron chi connectivity index (χ4n) is 6.69. The largest absolute Gasteiger partial charge is 0.480 e. The Morgan fingerprint density at radius 1 is 1.11 bits per heavy atom. The van der Waals surface area contributed by atoms with E-state index in [1.807, 2.05) is 0 Å². The Kier molecular flexibility index (Phi) is 6.95. The van der Waals surface area contributed by atoms with Gasteiger partial charge in [-0.05, 0) is 50.4 Å². The number of aliphatic carboxylic acids is 1. The number of anilines is 1. The van der Waals surface area contributed by atoms with Gasteiger partial charge in [0.1, 0.15) is 6.04 Å². The van der Waals surface area contributed by atoms with Crippen LogP contribution in [0.2, 0.25) is 0 Å². The summed E-state index contributed by atoms with van der Waals surface area (Å²) in [5.41, 5.74) is -1.16. The molecule has 0 aliphatic heterocycles. The van der Waals surface area contributed by atoms with Gasteiger partial charge in [0, 0.05) is 25.9 Å². The van der Waals surface area contributed by atoms with Crippen molar-refractivity contribution in [3.63, 3.8) is 0 Å². The highest BCUT2D eigenvalue weighted by Crippen LogP contribution is 2.65. The van der Waals surface area contributed by atoms with Crippen LogP contribution in [0.25, 0.3) is 0 Å². The minimum atomic E-state index is -1.26. The van der Waals surface area contributed by atoms with Gasteiger partial charge in [0.05, 0.1) is 23.6 Å². The van der Waals surface area contributed by atoms with Gasteiger partial charge in [0.15, 0.2) is 0 Å². The molecule has 1 aromatic heterocycles. The fourth-order valence-corrected chi connectivity index (χ4v) is 7.52. The van der Waals surface area contributed by atoms with Crippen molar-refractivity contribution in [2.24, 2.45) is 22.7 Å². The summed E-state index contributed by atoms with van der Waals surface area (Å²) in [7, 11) is 4.11. The molecule has 0 saturated heterocycles. The van der Waals surface area contributed by atoms with Crippen LogP contribution < -0.4 is 20.9 Å². The number of rotatable bonds is 7. The molecular weight excluding hydrogens is 490 g/mol. The Morgan fingerprint density at radius 2 is 1.69 bits per heavy atom. The normalized spacial score (nSPS) is 28.6. The Labute approximate surface area is 212 Å². The van der Waals surface area contributed by atoms with E-state index >= 15 is 0 Å². The van der Waals surface area contributed by atoms with Crippen LogP contribution in [0.1, 0.15) is 44.2 Å². The van der Waals surface area contributed by atoms with Gasteiger partial charge in [0.25, 0.3) is 0 Å². The van der Waals surface area contributed by atoms with Crippen molar-refractivity contribution in [1.82, 2.24) is 20.9 Å². The second kappa shape index (κ2) is 9.68. The van der Waals surface area contributed by atoms with E-state index in [1.165, 1.54) is 21.2 Å². The quantitative estimate of drug-likeness (QED) is 0.392. The number of hydrogen-bond donors (Lipinski definition) is 4. The van der Waals surface area contributed by atoms with Crippen LogP contribution in [-0.2, 0) is 25.5 Å². The average Bonchev–Trinajstić information content (AvgIpc) is 3.29. The molecule has 196 valence electrons. The number of aromatic nitrogens is 1. The number of imide groups is 1. The van der Waals surface area contributed by atoms with Crippen LogP contribution in [0.15, 0.2) is 5.38 Å². The molecule has 4 N–H and O–H groups in total. The molecular formula is C23H31N5O7S. The number of thiazole rings is 1. The van der Waals surface area contributed by atoms with Crippen LogP contribution in [0.4, 0.5) is 14.7 Å². The van der Waals surface area contributed by atoms with E-state index in [2.05, 4.69) is 20.9 Å². The van der Waals surface area contributed by atoms with Crippen LogP contribution in [0.5, 0.6) is 0 Å². The lowest BCUT2D eigenvalue weighted by atomic mass is 9.44. The number of hydrogen-bond acceptors (Lipinski definition) is 8. The van der Waals surface area contributed by atoms with E-state index < -0.39 is 34.9 Å². The molecule has 0 radical (unpaired) electrons. The highest BCUT2D eigenvalue weighted by atomic mass is 32.1. The molecule has 4 fully saturated rings. The highest BCUT2D eigenvalue weighted by Gasteiger charge is 2.63. The van der Waals surface area contributed by atoms with Crippen molar-refractivity contribution in [3.05, 3.63) is 11.1 Å². The van der Waals surface area contributed by atoms with Crippen LogP contribution in [0.3, 0.4) is 0 Å². The van der Waals surface area contributed by atoms with Crippen molar-refractivity contribution < 1.29 is 33.8 Å². The third-order valence-corrected chi connectivity index (χ3v) is 8.62. The average molecular weight is 522 g/mol. The zero-order chi connectivity index (χ0) is 26.3. The molecule has 12 nitrogen and oxygen atoms in total. The highest BCUT2D eigenvalue weighted by molar-refractivity contribution is 7.14. The first-order valence-electron chi connectivity index (χ1n) is 11.9. The fraction of sp³-hybridized carbons (Fsp3) is 0.652. The lowest BCUT2D eigenvalue weighted by Gasteiger charge is -2.59. The summed E-state index contributed by atoms with van der Waals surface area (Å²) in [5.74, 6) is -1.39. The molecule has 4 bridgehead atoms. The maximum atomic E-state index is 13.6. The number of amides is 5. The SMILES string of the molecule is CNC(=O)N(C(=O)NC)c1nc(CC(NC(=O)C23CC4CC(C2)CC(C(=O)OC)(C4)C3)C(=O)O)cs1. The first-order valence-corrected chi connectivity index (χ1v) is 12.7. The lowest BCUT2D eigenvalue weighted by molar-refractivity contribution is -0.182. The minimum absolute atomic E-state index is 0.0697. The number of carbonyl (C=O) groups excluding carboxylic acids is 4. The van der Waals surface area contributed by atoms with Gasteiger partial charge >= 0.3 is 24.0 Å². The standard InChI is InChI=1S/C23H31N5O7S/c1-24-19(33)28(20(34)25-2)21-26-14(10-36-21)5-15(16(29)30)27-17(31)22-6-12-4-13(7-22)9-23(8-12,11-22)18(32)35-3/h10,12-13,15H,4-9,11H2,1-3H3,(H,24,33)(H,25,34)(H,27,31)(H,29,30). The topological polar surface area (TPSA) is 167 Å². The molecule has 4 saturated carbocycles. The zero-order valence-corrected chi connectivity index (χ0v) is 21.3. The summed E-state index contributed by atoms with van der Waals surface area (Å²) in [6.07, 6.45) is 3.91. The van der Waals surface area contributed by atoms with E-state index in [4.69, 9.17) is 4.74 Å². The second-order valence-electron chi connectivity index (χ2n) is 10.1. The molecule has 3 unspecified atom stereocenters. The number of carboxylic acid groups (broad SMARTS) is 1. The van der Waals surface area contributed by atoms with E-state index in [0.717, 1.165) is 22.7 Å². The van der Waals surface area contributed by atoms with Crippen molar-refractivity contribution >= 4 is 46.4 Å². The molecule has 3 atom stereocenters. The summed E-state index contributed by atoms with van der Waals surface area (Å²) >= 11 is 1.01. The molecule has 4 aliphatic carbocycles. The third-order valence-electron chi connectivity index (χ3n) is 7.74. The van der Waals surface area contributed by atoms with E-state index in [0.29, 0.717) is 37.8 Å². The zero-order valence-electron chi connectivity index (χ0n) is 20.5. The van der Waals surface area contributed by atoms with Gasteiger partial charge in [-0.1, -0.05) is 0 Å². The molecule has 1 heterocycles. The lowest BCUT2D eigenvalue weighted by Crippen LogP contribution is -2.61. The monoisotopic (exact) mass is 521 g/mol. The predicted octanol–water partition coefficient (Wildman–Crippen LogP) is 1.50. The molecule has 13 heteroatoms. The maximum absolute atomic E-state index is 13.6. The minimum Gasteiger partial charge on any atom is -0.480 e. The predicted molar refractivity (Wildman–Crippen MR) is 128 cm³/mol. The van der Waals surface area contributed by atoms with Crippen molar-refractivity contribution in [3.8, 4) is 0 Å². The number of nitrogens with zero attached hydrogens (tertiary/aromatic N) is 2.